The molecule has 0 bridgehead atoms. The van der Waals surface area contributed by atoms with Crippen molar-refractivity contribution in [3.63, 3.8) is 0 Å². The van der Waals surface area contributed by atoms with Gasteiger partial charge in [0.05, 0.1) is 0 Å². The zero-order valence-corrected chi connectivity index (χ0v) is 9.65. The Morgan fingerprint density at radius 1 is 1.47 bits per heavy atom. The van der Waals surface area contributed by atoms with Crippen LogP contribution in [0.2, 0.25) is 0 Å². The van der Waals surface area contributed by atoms with E-state index in [1.165, 1.54) is 6.07 Å². The molecule has 7 nitrogen and oxygen atoms in total. The molecule has 0 unspecified atom stereocenters. The average Bonchev–Trinajstić information content (AvgIpc) is 2.64. The molecular formula is C10H13N5O2. The predicted octanol–water partition coefficient (Wildman–Crippen LogP) is 1.16. The summed E-state index contributed by atoms with van der Waals surface area (Å²) in [5.41, 5.74) is 0.387. The Bertz CT molecular complexity index is 560. The maximum absolute atomic E-state index is 11.2. The van der Waals surface area contributed by atoms with E-state index < -0.39 is 0 Å². The molecule has 2 heterocycles. The molecule has 7 heteroatoms. The number of hydrogen-bond acceptors (Lipinski definition) is 6. The molecule has 0 aliphatic carbocycles. The molecule has 2 aromatic heterocycles. The third-order valence-corrected chi connectivity index (χ3v) is 2.04. The molecule has 0 amide bonds. The third-order valence-electron chi connectivity index (χ3n) is 2.04. The summed E-state index contributed by atoms with van der Waals surface area (Å²) in [4.78, 5) is 21.9. The van der Waals surface area contributed by atoms with Gasteiger partial charge in [0.15, 0.2) is 5.82 Å². The minimum Gasteiger partial charge on any atom is -0.315 e. The summed E-state index contributed by atoms with van der Waals surface area (Å²) in [6, 6.07) is 1.63. The molecule has 0 spiro atoms. The lowest BCUT2D eigenvalue weighted by atomic mass is 10.3. The van der Waals surface area contributed by atoms with Crippen LogP contribution in [0, 0.1) is 6.92 Å². The van der Waals surface area contributed by atoms with Gasteiger partial charge in [-0.1, -0.05) is 12.1 Å². The largest absolute Gasteiger partial charge is 0.328 e. The highest BCUT2D eigenvalue weighted by molar-refractivity contribution is 5.39. The number of aromatic amines is 1. The van der Waals surface area contributed by atoms with Crippen molar-refractivity contribution in [3.05, 3.63) is 27.9 Å². The van der Waals surface area contributed by atoms with Crippen LogP contribution >= 0.6 is 0 Å². The fourth-order valence-corrected chi connectivity index (χ4v) is 1.37. The summed E-state index contributed by atoms with van der Waals surface area (Å²) in [5.74, 6) is 0.923. The zero-order chi connectivity index (χ0) is 12.3. The summed E-state index contributed by atoms with van der Waals surface area (Å²) < 4.78 is 4.97. The van der Waals surface area contributed by atoms with Gasteiger partial charge >= 0.3 is 6.01 Å². The van der Waals surface area contributed by atoms with Crippen LogP contribution in [0.4, 0.5) is 12.0 Å². The van der Waals surface area contributed by atoms with Crippen LogP contribution in [0.15, 0.2) is 15.4 Å². The van der Waals surface area contributed by atoms with Crippen LogP contribution in [-0.2, 0) is 6.42 Å². The molecule has 0 fully saturated rings. The topological polar surface area (TPSA) is 96.7 Å². The summed E-state index contributed by atoms with van der Waals surface area (Å²) in [6.07, 6.45) is 1.70. The van der Waals surface area contributed by atoms with Gasteiger partial charge in [0.1, 0.15) is 0 Å². The van der Waals surface area contributed by atoms with Crippen molar-refractivity contribution < 1.29 is 4.52 Å². The number of nitrogens with zero attached hydrogens (tertiary/aromatic N) is 3. The third kappa shape index (κ3) is 2.90. The quantitative estimate of drug-likeness (QED) is 0.825. The molecule has 0 aromatic carbocycles. The van der Waals surface area contributed by atoms with Crippen LogP contribution in [0.1, 0.15) is 24.9 Å². The Labute approximate surface area is 97.3 Å². The highest BCUT2D eigenvalue weighted by atomic mass is 16.5. The van der Waals surface area contributed by atoms with Gasteiger partial charge in [0.25, 0.3) is 5.56 Å². The van der Waals surface area contributed by atoms with Gasteiger partial charge in [-0.2, -0.15) is 4.98 Å². The molecule has 2 aromatic rings. The number of H-pyrrole nitrogens is 1. The Kier molecular flexibility index (Phi) is 3.17. The summed E-state index contributed by atoms with van der Waals surface area (Å²) in [6.45, 7) is 3.76. The molecule has 2 N–H and O–H groups in total. The van der Waals surface area contributed by atoms with E-state index in [-0.39, 0.29) is 11.6 Å². The summed E-state index contributed by atoms with van der Waals surface area (Å²) in [7, 11) is 0. The normalized spacial score (nSPS) is 10.5. The van der Waals surface area contributed by atoms with Gasteiger partial charge in [0.2, 0.25) is 5.95 Å². The van der Waals surface area contributed by atoms with Crippen LogP contribution in [0.25, 0.3) is 0 Å². The fourth-order valence-electron chi connectivity index (χ4n) is 1.37. The first-order valence-electron chi connectivity index (χ1n) is 5.35. The first-order chi connectivity index (χ1) is 8.17. The maximum atomic E-state index is 11.2. The van der Waals surface area contributed by atoms with Gasteiger partial charge in [0, 0.05) is 18.2 Å². The molecular weight excluding hydrogens is 222 g/mol. The first kappa shape index (κ1) is 11.3. The molecule has 90 valence electrons. The van der Waals surface area contributed by atoms with Gasteiger partial charge in [-0.25, -0.2) is 4.98 Å². The van der Waals surface area contributed by atoms with Gasteiger partial charge in [-0.3, -0.25) is 15.1 Å². The number of aryl methyl sites for hydroxylation is 2. The number of nitrogens with one attached hydrogen (secondary N) is 2. The highest BCUT2D eigenvalue weighted by Crippen LogP contribution is 2.09. The molecule has 17 heavy (non-hydrogen) atoms. The second-order valence-electron chi connectivity index (χ2n) is 3.63. The van der Waals surface area contributed by atoms with E-state index in [2.05, 4.69) is 25.4 Å². The van der Waals surface area contributed by atoms with Crippen molar-refractivity contribution in [3.8, 4) is 0 Å². The van der Waals surface area contributed by atoms with Gasteiger partial charge in [-0.05, 0) is 13.3 Å². The summed E-state index contributed by atoms with van der Waals surface area (Å²) >= 11 is 0. The van der Waals surface area contributed by atoms with E-state index in [9.17, 15) is 4.79 Å². The van der Waals surface area contributed by atoms with Gasteiger partial charge < -0.3 is 4.52 Å². The monoisotopic (exact) mass is 235 g/mol. The van der Waals surface area contributed by atoms with Crippen LogP contribution in [0.3, 0.4) is 0 Å². The predicted molar refractivity (Wildman–Crippen MR) is 61.2 cm³/mol. The van der Waals surface area contributed by atoms with Crippen molar-refractivity contribution >= 4 is 12.0 Å². The van der Waals surface area contributed by atoms with Crippen LogP contribution < -0.4 is 10.9 Å². The van der Waals surface area contributed by atoms with Crippen molar-refractivity contribution in [1.29, 1.82) is 0 Å². The Hall–Kier alpha value is -2.18. The summed E-state index contributed by atoms with van der Waals surface area (Å²) in [5, 5.41) is 6.54. The standard InChI is InChI=1S/C10H13N5O2/c1-3-4-7-12-10(17-15-7)14-9-11-6(2)5-8(16)13-9/h5H,3-4H2,1-2H3,(H2,11,12,13,14,15,16). The van der Waals surface area contributed by atoms with Crippen molar-refractivity contribution in [2.45, 2.75) is 26.7 Å². The Morgan fingerprint density at radius 3 is 3.00 bits per heavy atom. The zero-order valence-electron chi connectivity index (χ0n) is 9.65. The van der Waals surface area contributed by atoms with Crippen LogP contribution in [0.5, 0.6) is 0 Å². The Morgan fingerprint density at radius 2 is 2.29 bits per heavy atom. The SMILES string of the molecule is CCCc1noc(Nc2nc(C)cc(=O)[nH]2)n1. The van der Waals surface area contributed by atoms with E-state index in [1.54, 1.807) is 6.92 Å². The molecule has 0 aliphatic rings. The first-order valence-corrected chi connectivity index (χ1v) is 5.35. The molecule has 0 aliphatic heterocycles. The lowest BCUT2D eigenvalue weighted by Gasteiger charge is -1.99. The molecule has 0 saturated heterocycles. The second kappa shape index (κ2) is 4.77. The van der Waals surface area contributed by atoms with E-state index in [0.29, 0.717) is 17.5 Å². The molecule has 0 radical (unpaired) electrons. The molecule has 0 atom stereocenters. The number of anilines is 2. The lowest BCUT2D eigenvalue weighted by Crippen LogP contribution is -2.10. The number of rotatable bonds is 4. The molecule has 2 rings (SSSR count). The van der Waals surface area contributed by atoms with E-state index in [1.807, 2.05) is 6.92 Å². The van der Waals surface area contributed by atoms with Gasteiger partial charge in [-0.15, -0.1) is 0 Å². The van der Waals surface area contributed by atoms with E-state index in [0.717, 1.165) is 12.8 Å². The van der Waals surface area contributed by atoms with E-state index in [4.69, 9.17) is 4.52 Å². The smallest absolute Gasteiger partial charge is 0.315 e. The molecule has 0 saturated carbocycles. The number of hydrogen-bond donors (Lipinski definition) is 2. The fraction of sp³-hybridized carbons (Fsp3) is 0.400. The van der Waals surface area contributed by atoms with E-state index >= 15 is 0 Å². The maximum Gasteiger partial charge on any atom is 0.328 e. The van der Waals surface area contributed by atoms with Crippen molar-refractivity contribution in [2.24, 2.45) is 0 Å². The Balaban J connectivity index is 2.16. The minimum absolute atomic E-state index is 0.224. The van der Waals surface area contributed by atoms with Crippen molar-refractivity contribution in [1.82, 2.24) is 20.1 Å². The number of aromatic nitrogens is 4. The average molecular weight is 235 g/mol. The minimum atomic E-state index is -0.228. The highest BCUT2D eigenvalue weighted by Gasteiger charge is 2.06. The second-order valence-corrected chi connectivity index (χ2v) is 3.63. The van der Waals surface area contributed by atoms with Crippen LogP contribution in [-0.4, -0.2) is 20.1 Å². The van der Waals surface area contributed by atoms with Crippen molar-refractivity contribution in [2.75, 3.05) is 5.32 Å². The lowest BCUT2D eigenvalue weighted by molar-refractivity contribution is 0.424.